The lowest BCUT2D eigenvalue weighted by molar-refractivity contribution is 0.0977. The molecule has 31 heavy (non-hydrogen) atoms. The van der Waals surface area contributed by atoms with Crippen molar-refractivity contribution in [2.45, 2.75) is 23.8 Å². The third kappa shape index (κ3) is 4.10. The van der Waals surface area contributed by atoms with Gasteiger partial charge >= 0.3 is 0 Å². The van der Waals surface area contributed by atoms with Crippen LogP contribution in [0.3, 0.4) is 0 Å². The zero-order valence-electron chi connectivity index (χ0n) is 16.4. The molecule has 2 heterocycles. The number of ketones is 1. The molecule has 1 aromatic heterocycles. The maximum atomic E-state index is 13.3. The number of benzene rings is 2. The van der Waals surface area contributed by atoms with Crippen LogP contribution in [0.4, 0.5) is 0 Å². The van der Waals surface area contributed by atoms with Crippen LogP contribution in [-0.2, 0) is 23.0 Å². The molecule has 0 unspecified atom stereocenters. The van der Waals surface area contributed by atoms with E-state index >= 15 is 0 Å². The Hall–Kier alpha value is -3.05. The number of hydrogen-bond acceptors (Lipinski definition) is 5. The van der Waals surface area contributed by atoms with E-state index < -0.39 is 21.7 Å². The van der Waals surface area contributed by atoms with Crippen LogP contribution in [0, 0.1) is 11.3 Å². The molecule has 0 saturated heterocycles. The second-order valence-corrected chi connectivity index (χ2v) is 9.53. The largest absolute Gasteiger partial charge is 0.292 e. The van der Waals surface area contributed by atoms with Crippen LogP contribution in [0.15, 0.2) is 71.8 Å². The standard InChI is InChI=1S/C23H18ClN3O3S/c24-21-9-8-18(13-19(21)23(28)20(14-25)22-7-3-4-11-26-22)31(29,30)27-12-10-16-5-1-2-6-17(16)15-27/h1-9,11,13,20H,10,12,15H2/t20-/m0/s1. The quantitative estimate of drug-likeness (QED) is 0.547. The molecule has 0 fully saturated rings. The molecule has 8 heteroatoms. The second kappa shape index (κ2) is 8.60. The molecule has 1 aliphatic rings. The van der Waals surface area contributed by atoms with E-state index in [1.807, 2.05) is 30.3 Å². The van der Waals surface area contributed by atoms with Crippen LogP contribution in [0.25, 0.3) is 0 Å². The normalized spacial score (nSPS) is 15.0. The van der Waals surface area contributed by atoms with Crippen LogP contribution in [0.1, 0.15) is 33.1 Å². The SMILES string of the molecule is N#C[C@H](C(=O)c1cc(S(=O)(=O)N2CCc3ccccc3C2)ccc1Cl)c1ccccn1. The summed E-state index contributed by atoms with van der Waals surface area (Å²) in [6, 6.07) is 18.6. The van der Waals surface area contributed by atoms with Crippen molar-refractivity contribution in [2.24, 2.45) is 0 Å². The van der Waals surface area contributed by atoms with Gasteiger partial charge in [0.2, 0.25) is 10.0 Å². The van der Waals surface area contributed by atoms with E-state index in [0.29, 0.717) is 13.0 Å². The van der Waals surface area contributed by atoms with Crippen molar-refractivity contribution in [1.82, 2.24) is 9.29 Å². The van der Waals surface area contributed by atoms with Gasteiger partial charge in [-0.2, -0.15) is 9.57 Å². The van der Waals surface area contributed by atoms with Gasteiger partial charge < -0.3 is 0 Å². The van der Waals surface area contributed by atoms with Crippen LogP contribution in [0.2, 0.25) is 5.02 Å². The van der Waals surface area contributed by atoms with Crippen molar-refractivity contribution < 1.29 is 13.2 Å². The Morgan fingerprint density at radius 3 is 2.55 bits per heavy atom. The van der Waals surface area contributed by atoms with Crippen LogP contribution in [-0.4, -0.2) is 30.0 Å². The van der Waals surface area contributed by atoms with Crippen molar-refractivity contribution in [1.29, 1.82) is 5.26 Å². The van der Waals surface area contributed by atoms with Crippen molar-refractivity contribution in [3.05, 3.63) is 94.3 Å². The number of rotatable bonds is 5. The fourth-order valence-corrected chi connectivity index (χ4v) is 5.30. The Morgan fingerprint density at radius 2 is 1.84 bits per heavy atom. The van der Waals surface area contributed by atoms with Crippen molar-refractivity contribution in [3.8, 4) is 6.07 Å². The zero-order chi connectivity index (χ0) is 22.0. The van der Waals surface area contributed by atoms with Crippen molar-refractivity contribution >= 4 is 27.4 Å². The molecule has 0 bridgehead atoms. The zero-order valence-corrected chi connectivity index (χ0v) is 18.0. The first-order valence-electron chi connectivity index (χ1n) is 9.63. The summed E-state index contributed by atoms with van der Waals surface area (Å²) in [4.78, 5) is 17.1. The Labute approximate surface area is 185 Å². The first-order chi connectivity index (χ1) is 14.9. The minimum absolute atomic E-state index is 0.0163. The lowest BCUT2D eigenvalue weighted by atomic mass is 9.95. The van der Waals surface area contributed by atoms with E-state index in [9.17, 15) is 18.5 Å². The second-order valence-electron chi connectivity index (χ2n) is 7.18. The Bertz CT molecular complexity index is 1290. The van der Waals surface area contributed by atoms with E-state index in [0.717, 1.165) is 11.1 Å². The van der Waals surface area contributed by atoms with Gasteiger partial charge in [-0.25, -0.2) is 8.42 Å². The molecular weight excluding hydrogens is 434 g/mol. The van der Waals surface area contributed by atoms with Crippen LogP contribution < -0.4 is 0 Å². The first-order valence-corrected chi connectivity index (χ1v) is 11.4. The lowest BCUT2D eigenvalue weighted by Gasteiger charge is -2.28. The molecule has 156 valence electrons. The summed E-state index contributed by atoms with van der Waals surface area (Å²) in [5, 5.41) is 9.63. The highest BCUT2D eigenvalue weighted by Crippen LogP contribution is 2.30. The number of carbonyl (C=O) groups is 1. The highest BCUT2D eigenvalue weighted by Gasteiger charge is 2.31. The molecule has 1 atom stereocenters. The molecule has 0 N–H and O–H groups in total. The van der Waals surface area contributed by atoms with Gasteiger partial charge in [0.25, 0.3) is 0 Å². The molecule has 0 amide bonds. The number of fused-ring (bicyclic) bond motifs is 1. The predicted octanol–water partition coefficient (Wildman–Crippen LogP) is 3.97. The molecule has 0 aliphatic carbocycles. The highest BCUT2D eigenvalue weighted by molar-refractivity contribution is 7.89. The Balaban J connectivity index is 1.68. The maximum Gasteiger partial charge on any atom is 0.243 e. The third-order valence-corrected chi connectivity index (χ3v) is 7.48. The number of carbonyl (C=O) groups excluding carboxylic acids is 1. The van der Waals surface area contributed by atoms with E-state index in [1.165, 1.54) is 28.7 Å². The average Bonchev–Trinajstić information content (AvgIpc) is 2.80. The van der Waals surface area contributed by atoms with Gasteiger partial charge in [-0.15, -0.1) is 0 Å². The van der Waals surface area contributed by atoms with Gasteiger partial charge in [-0.3, -0.25) is 9.78 Å². The summed E-state index contributed by atoms with van der Waals surface area (Å²) in [5.41, 5.74) is 2.36. The van der Waals surface area contributed by atoms with E-state index in [4.69, 9.17) is 11.6 Å². The summed E-state index contributed by atoms with van der Waals surface area (Å²) >= 11 is 6.22. The molecule has 2 aromatic carbocycles. The summed E-state index contributed by atoms with van der Waals surface area (Å²) < 4.78 is 28.0. The van der Waals surface area contributed by atoms with E-state index in [-0.39, 0.29) is 27.7 Å². The van der Waals surface area contributed by atoms with E-state index in [1.54, 1.807) is 18.2 Å². The lowest BCUT2D eigenvalue weighted by Crippen LogP contribution is -2.36. The number of Topliss-reactive ketones (excluding diaryl/α,β-unsaturated/α-hetero) is 1. The minimum Gasteiger partial charge on any atom is -0.292 e. The number of pyridine rings is 1. The molecule has 0 spiro atoms. The van der Waals surface area contributed by atoms with Crippen molar-refractivity contribution in [2.75, 3.05) is 6.54 Å². The molecule has 6 nitrogen and oxygen atoms in total. The smallest absolute Gasteiger partial charge is 0.243 e. The molecular formula is C23H18ClN3O3S. The van der Waals surface area contributed by atoms with Gasteiger partial charge in [0.1, 0.15) is 0 Å². The summed E-state index contributed by atoms with van der Waals surface area (Å²) in [6.45, 7) is 0.610. The predicted molar refractivity (Wildman–Crippen MR) is 116 cm³/mol. The van der Waals surface area contributed by atoms with Crippen LogP contribution >= 0.6 is 11.6 Å². The van der Waals surface area contributed by atoms with Crippen LogP contribution in [0.5, 0.6) is 0 Å². The fourth-order valence-electron chi connectivity index (χ4n) is 3.64. The van der Waals surface area contributed by atoms with Gasteiger partial charge in [0, 0.05) is 24.8 Å². The summed E-state index contributed by atoms with van der Waals surface area (Å²) in [6.07, 6.45) is 2.11. The maximum absolute atomic E-state index is 13.3. The average molecular weight is 452 g/mol. The summed E-state index contributed by atoms with van der Waals surface area (Å²) in [7, 11) is -3.85. The first kappa shape index (κ1) is 21.2. The molecule has 0 radical (unpaired) electrons. The van der Waals surface area contributed by atoms with Gasteiger partial charge in [0.15, 0.2) is 11.7 Å². The fraction of sp³-hybridized carbons (Fsp3) is 0.174. The number of halogens is 1. The number of nitriles is 1. The molecule has 0 saturated carbocycles. The van der Waals surface area contributed by atoms with Gasteiger partial charge in [-0.05, 0) is 47.9 Å². The Kier molecular flexibility index (Phi) is 5.88. The monoisotopic (exact) mass is 451 g/mol. The van der Waals surface area contributed by atoms with E-state index in [2.05, 4.69) is 4.98 Å². The molecule has 4 rings (SSSR count). The van der Waals surface area contributed by atoms with Gasteiger partial charge in [0.05, 0.1) is 21.7 Å². The summed E-state index contributed by atoms with van der Waals surface area (Å²) in [5.74, 6) is -1.77. The Morgan fingerprint density at radius 1 is 1.10 bits per heavy atom. The third-order valence-electron chi connectivity index (χ3n) is 5.31. The number of hydrogen-bond donors (Lipinski definition) is 0. The topological polar surface area (TPSA) is 91.1 Å². The molecule has 3 aromatic rings. The molecule has 1 aliphatic heterocycles. The minimum atomic E-state index is -3.85. The van der Waals surface area contributed by atoms with Crippen molar-refractivity contribution in [3.63, 3.8) is 0 Å². The number of sulfonamides is 1. The number of aromatic nitrogens is 1. The van der Waals surface area contributed by atoms with Gasteiger partial charge in [-0.1, -0.05) is 41.9 Å². The number of nitrogens with zero attached hydrogens (tertiary/aromatic N) is 3. The highest BCUT2D eigenvalue weighted by atomic mass is 35.5.